The number of esters is 2. The maximum Gasteiger partial charge on any atom is 0.333 e. The van der Waals surface area contributed by atoms with E-state index in [9.17, 15) is 14.4 Å². The molecule has 0 fully saturated rings. The highest BCUT2D eigenvalue weighted by molar-refractivity contribution is 5.86. The molecule has 0 unspecified atom stereocenters. The fourth-order valence-electron chi connectivity index (χ4n) is 3.16. The summed E-state index contributed by atoms with van der Waals surface area (Å²) in [4.78, 5) is 32.5. The number of carbonyl (C=O) groups is 3. The molecule has 0 saturated heterocycles. The Morgan fingerprint density at radius 2 is 1.24 bits per heavy atom. The van der Waals surface area contributed by atoms with E-state index in [-0.39, 0.29) is 18.4 Å². The molecule has 0 bridgehead atoms. The third-order valence-electron chi connectivity index (χ3n) is 5.29. The van der Waals surface area contributed by atoms with Crippen LogP contribution in [0.5, 0.6) is 0 Å². The minimum absolute atomic E-state index is 0.127. The molecule has 0 aromatic heterocycles. The summed E-state index contributed by atoms with van der Waals surface area (Å²) in [5, 5.41) is 8.43. The highest BCUT2D eigenvalue weighted by atomic mass is 16.5. The molecule has 6 heteroatoms. The number of carbonyl (C=O) groups excluding carboxylic acids is 2. The van der Waals surface area contributed by atoms with Gasteiger partial charge in [0.25, 0.3) is 0 Å². The number of unbranched alkanes of at least 4 members (excludes halogenated alkanes) is 10. The molecule has 0 aliphatic heterocycles. The van der Waals surface area contributed by atoms with Crippen molar-refractivity contribution in [2.45, 2.75) is 130 Å². The lowest BCUT2D eigenvalue weighted by Crippen LogP contribution is -2.06. The van der Waals surface area contributed by atoms with Gasteiger partial charge in [-0.3, -0.25) is 9.59 Å². The number of hydrogen-bond donors (Lipinski definition) is 1. The summed E-state index contributed by atoms with van der Waals surface area (Å²) in [5.41, 5.74) is 0.486. The first-order valence-corrected chi connectivity index (χ1v) is 13.4. The molecule has 6 nitrogen and oxygen atoms in total. The molecule has 0 aromatic rings. The van der Waals surface area contributed by atoms with Gasteiger partial charge < -0.3 is 14.6 Å². The summed E-state index contributed by atoms with van der Waals surface area (Å²) < 4.78 is 10.1. The number of rotatable bonds is 21. The van der Waals surface area contributed by atoms with Gasteiger partial charge in [-0.15, -0.1) is 0 Å². The lowest BCUT2D eigenvalue weighted by molar-refractivity contribution is -0.144. The quantitative estimate of drug-likeness (QED) is 0.102. The second kappa shape index (κ2) is 25.8. The molecular formula is C28H52O6. The van der Waals surface area contributed by atoms with Gasteiger partial charge in [0, 0.05) is 18.4 Å². The van der Waals surface area contributed by atoms with Gasteiger partial charge in [-0.1, -0.05) is 91.6 Å². The third-order valence-corrected chi connectivity index (χ3v) is 5.29. The predicted octanol–water partition coefficient (Wildman–Crippen LogP) is 7.64. The van der Waals surface area contributed by atoms with E-state index < -0.39 is 5.97 Å². The zero-order valence-corrected chi connectivity index (χ0v) is 22.5. The van der Waals surface area contributed by atoms with Crippen LogP contribution in [0.15, 0.2) is 12.2 Å². The largest absolute Gasteiger partial charge is 0.481 e. The second-order valence-corrected chi connectivity index (χ2v) is 9.46. The monoisotopic (exact) mass is 484 g/mol. The maximum absolute atomic E-state index is 11.3. The Morgan fingerprint density at radius 1 is 0.735 bits per heavy atom. The molecule has 0 aromatic carbocycles. The van der Waals surface area contributed by atoms with Crippen LogP contribution < -0.4 is 0 Å². The van der Waals surface area contributed by atoms with Gasteiger partial charge in [0.15, 0.2) is 0 Å². The Labute approximate surface area is 208 Å². The molecule has 0 spiro atoms. The third kappa shape index (κ3) is 30.1. The van der Waals surface area contributed by atoms with E-state index in [1.165, 1.54) is 51.4 Å². The van der Waals surface area contributed by atoms with Crippen LogP contribution in [0, 0.1) is 5.92 Å². The van der Waals surface area contributed by atoms with Crippen LogP contribution in [-0.2, 0) is 23.9 Å². The van der Waals surface area contributed by atoms with Crippen molar-refractivity contribution in [3.8, 4) is 0 Å². The topological polar surface area (TPSA) is 89.9 Å². The van der Waals surface area contributed by atoms with Crippen molar-refractivity contribution in [2.75, 3.05) is 13.2 Å². The number of hydrogen-bond acceptors (Lipinski definition) is 5. The average molecular weight is 485 g/mol. The maximum atomic E-state index is 11.3. The normalized spacial score (nSPS) is 10.4. The summed E-state index contributed by atoms with van der Waals surface area (Å²) in [6.07, 6.45) is 16.1. The van der Waals surface area contributed by atoms with Crippen molar-refractivity contribution in [1.82, 2.24) is 0 Å². The Balaban J connectivity index is 0. The molecule has 0 radical (unpaired) electrons. The molecule has 34 heavy (non-hydrogen) atoms. The molecular weight excluding hydrogens is 432 g/mol. The number of carboxylic acid groups (broad SMARTS) is 1. The summed E-state index contributed by atoms with van der Waals surface area (Å²) in [6.45, 7) is 12.9. The van der Waals surface area contributed by atoms with Crippen molar-refractivity contribution in [3.05, 3.63) is 12.2 Å². The molecule has 0 amide bonds. The van der Waals surface area contributed by atoms with Gasteiger partial charge in [-0.2, -0.15) is 0 Å². The molecule has 0 aliphatic carbocycles. The van der Waals surface area contributed by atoms with E-state index in [2.05, 4.69) is 27.4 Å². The first-order chi connectivity index (χ1) is 16.2. The van der Waals surface area contributed by atoms with Crippen molar-refractivity contribution in [1.29, 1.82) is 0 Å². The average Bonchev–Trinajstić information content (AvgIpc) is 2.77. The molecule has 0 aliphatic rings. The molecule has 0 rings (SSSR count). The Kier molecular flexibility index (Phi) is 26.0. The molecule has 200 valence electrons. The van der Waals surface area contributed by atoms with Crippen LogP contribution in [0.2, 0.25) is 0 Å². The smallest absolute Gasteiger partial charge is 0.333 e. The van der Waals surface area contributed by atoms with E-state index in [1.54, 1.807) is 6.92 Å². The fraction of sp³-hybridized carbons (Fsp3) is 0.821. The number of carboxylic acids is 1. The zero-order valence-electron chi connectivity index (χ0n) is 22.5. The van der Waals surface area contributed by atoms with Crippen LogP contribution in [0.4, 0.5) is 0 Å². The Hall–Kier alpha value is -1.85. The van der Waals surface area contributed by atoms with Gasteiger partial charge >= 0.3 is 17.9 Å². The van der Waals surface area contributed by atoms with E-state index in [4.69, 9.17) is 14.6 Å². The first-order valence-electron chi connectivity index (χ1n) is 13.4. The van der Waals surface area contributed by atoms with Crippen LogP contribution in [-0.4, -0.2) is 36.2 Å². The molecule has 1 N–H and O–H groups in total. The van der Waals surface area contributed by atoms with Crippen molar-refractivity contribution in [2.24, 2.45) is 5.92 Å². The lowest BCUT2D eigenvalue weighted by Gasteiger charge is -2.06. The van der Waals surface area contributed by atoms with Crippen molar-refractivity contribution < 1.29 is 29.0 Å². The van der Waals surface area contributed by atoms with Crippen molar-refractivity contribution >= 4 is 17.9 Å². The Bertz CT molecular complexity index is 527. The Morgan fingerprint density at radius 3 is 1.76 bits per heavy atom. The van der Waals surface area contributed by atoms with E-state index in [1.807, 2.05) is 0 Å². The van der Waals surface area contributed by atoms with Crippen molar-refractivity contribution in [3.63, 3.8) is 0 Å². The second-order valence-electron chi connectivity index (χ2n) is 9.46. The van der Waals surface area contributed by atoms with E-state index in [0.29, 0.717) is 38.0 Å². The minimum Gasteiger partial charge on any atom is -0.481 e. The molecule has 0 saturated carbocycles. The SMILES string of the molecule is C=C(C)C(=O)OCCCCCCCCCC.CC(C)CCCCCOC(=O)CCCCC(=O)O. The number of aliphatic carboxylic acids is 1. The van der Waals surface area contributed by atoms with Gasteiger partial charge in [0.1, 0.15) is 0 Å². The van der Waals surface area contributed by atoms with Crippen LogP contribution in [0.25, 0.3) is 0 Å². The van der Waals surface area contributed by atoms with Gasteiger partial charge in [0.2, 0.25) is 0 Å². The van der Waals surface area contributed by atoms with Crippen LogP contribution >= 0.6 is 0 Å². The minimum atomic E-state index is -0.812. The fourth-order valence-corrected chi connectivity index (χ4v) is 3.16. The summed E-state index contributed by atoms with van der Waals surface area (Å²) >= 11 is 0. The molecule has 0 heterocycles. The highest BCUT2D eigenvalue weighted by Gasteiger charge is 2.04. The van der Waals surface area contributed by atoms with Gasteiger partial charge in [-0.25, -0.2) is 4.79 Å². The van der Waals surface area contributed by atoms with Crippen LogP contribution in [0.1, 0.15) is 130 Å². The highest BCUT2D eigenvalue weighted by Crippen LogP contribution is 2.09. The van der Waals surface area contributed by atoms with E-state index >= 15 is 0 Å². The lowest BCUT2D eigenvalue weighted by atomic mass is 10.1. The summed E-state index contributed by atoms with van der Waals surface area (Å²) in [5.74, 6) is -0.539. The number of ether oxygens (including phenoxy) is 2. The van der Waals surface area contributed by atoms with Gasteiger partial charge in [0.05, 0.1) is 13.2 Å². The molecule has 0 atom stereocenters. The van der Waals surface area contributed by atoms with Crippen LogP contribution in [0.3, 0.4) is 0 Å². The summed E-state index contributed by atoms with van der Waals surface area (Å²) in [7, 11) is 0. The standard InChI is InChI=1S/C14H26O4.C14H26O2/c1-12(2)8-4-3-7-11-18-14(17)10-6-5-9-13(15)16;1-4-5-6-7-8-9-10-11-12-16-14(15)13(2)3/h12H,3-11H2,1-2H3,(H,15,16);2,4-12H2,1,3H3. The summed E-state index contributed by atoms with van der Waals surface area (Å²) in [6, 6.07) is 0. The van der Waals surface area contributed by atoms with E-state index in [0.717, 1.165) is 31.6 Å². The zero-order chi connectivity index (χ0) is 26.0. The predicted molar refractivity (Wildman–Crippen MR) is 139 cm³/mol. The first kappa shape index (κ1) is 34.3. The van der Waals surface area contributed by atoms with Gasteiger partial charge in [-0.05, 0) is 38.5 Å².